The Kier molecular flexibility index (Phi) is 6.98. The molecule has 1 aromatic heterocycles. The van der Waals surface area contributed by atoms with Gasteiger partial charge in [-0.3, -0.25) is 4.90 Å². The Labute approximate surface area is 339 Å². The van der Waals surface area contributed by atoms with Crippen LogP contribution in [0.3, 0.4) is 0 Å². The van der Waals surface area contributed by atoms with Crippen LogP contribution in [0.25, 0.3) is 22.7 Å². The maximum atomic E-state index is 2.69. The van der Waals surface area contributed by atoms with E-state index in [2.05, 4.69) is 194 Å². The summed E-state index contributed by atoms with van der Waals surface area (Å²) in [6, 6.07) is 32.9. The minimum absolute atomic E-state index is 0.160. The van der Waals surface area contributed by atoms with Crippen molar-refractivity contribution in [2.45, 2.75) is 49.6 Å². The average molecular weight is 751 g/mol. The van der Waals surface area contributed by atoms with Crippen LogP contribution in [0.15, 0.2) is 175 Å². The van der Waals surface area contributed by atoms with Gasteiger partial charge in [-0.15, -0.1) is 0 Å². The van der Waals surface area contributed by atoms with Crippen LogP contribution in [0.2, 0.25) is 0 Å². The summed E-state index contributed by atoms with van der Waals surface area (Å²) < 4.78 is 5.17. The van der Waals surface area contributed by atoms with Gasteiger partial charge in [-0.2, -0.15) is 0 Å². The predicted molar refractivity (Wildman–Crippen MR) is 239 cm³/mol. The van der Waals surface area contributed by atoms with E-state index in [1.165, 1.54) is 84.4 Å². The molecule has 0 spiro atoms. The summed E-state index contributed by atoms with van der Waals surface area (Å²) in [4.78, 5) is 8.05. The Hall–Kier alpha value is -6.59. The Morgan fingerprint density at radius 3 is 1.97 bits per heavy atom. The lowest BCUT2D eigenvalue weighted by Crippen LogP contribution is -2.41. The third kappa shape index (κ3) is 4.50. The monoisotopic (exact) mass is 750 g/mol. The largest absolute Gasteiger partial charge is 0.332 e. The first kappa shape index (κ1) is 32.5. The molecule has 0 fully saturated rings. The van der Waals surface area contributed by atoms with Crippen molar-refractivity contribution in [3.8, 4) is 5.69 Å². The Morgan fingerprint density at radius 2 is 1.19 bits per heavy atom. The van der Waals surface area contributed by atoms with Gasteiger partial charge < -0.3 is 14.4 Å². The molecule has 4 unspecified atom stereocenters. The highest BCUT2D eigenvalue weighted by Gasteiger charge is 2.44. The lowest BCUT2D eigenvalue weighted by Gasteiger charge is -2.39. The highest BCUT2D eigenvalue weighted by molar-refractivity contribution is 6.10. The third-order valence-electron chi connectivity index (χ3n) is 13.9. The van der Waals surface area contributed by atoms with E-state index >= 15 is 0 Å². The molecule has 0 bridgehead atoms. The highest BCUT2D eigenvalue weighted by atomic mass is 15.3. The number of anilines is 5. The minimum atomic E-state index is 0.160. The summed E-state index contributed by atoms with van der Waals surface area (Å²) in [5, 5.41) is 1.36. The topological polar surface area (TPSA) is 17.7 Å². The number of aryl methyl sites for hydroxylation is 1. The van der Waals surface area contributed by atoms with Gasteiger partial charge in [-0.05, 0) is 84.9 Å². The van der Waals surface area contributed by atoms with Gasteiger partial charge in [0.05, 0.1) is 45.9 Å². The molecule has 5 heterocycles. The van der Waals surface area contributed by atoms with Gasteiger partial charge in [0.25, 0.3) is 0 Å². The van der Waals surface area contributed by atoms with E-state index in [1.807, 2.05) is 0 Å². The quantitative estimate of drug-likeness (QED) is 0.170. The van der Waals surface area contributed by atoms with Gasteiger partial charge in [0.1, 0.15) is 0 Å². The Balaban J connectivity index is 1.15. The molecule has 5 heteroatoms. The Bertz CT molecular complexity index is 2900. The van der Waals surface area contributed by atoms with Gasteiger partial charge in [-0.1, -0.05) is 121 Å². The number of hydrogen-bond acceptors (Lipinski definition) is 3. The minimum Gasteiger partial charge on any atom is -0.332 e. The number of fused-ring (bicyclic) bond motifs is 10. The van der Waals surface area contributed by atoms with Gasteiger partial charge in [0, 0.05) is 46.1 Å². The fraction of sp³-hybridized carbons (Fsp3) is 0.189. The second-order valence-electron chi connectivity index (χ2n) is 16.8. The molecule has 4 aliphatic carbocycles. The second-order valence-corrected chi connectivity index (χ2v) is 16.8. The van der Waals surface area contributed by atoms with Crippen LogP contribution in [0.4, 0.5) is 28.4 Å². The van der Waals surface area contributed by atoms with Crippen LogP contribution < -0.4 is 14.7 Å². The molecule has 0 radical (unpaired) electrons. The average Bonchev–Trinajstić information content (AvgIpc) is 4.06. The van der Waals surface area contributed by atoms with E-state index in [4.69, 9.17) is 0 Å². The first-order chi connectivity index (χ1) is 28.8. The van der Waals surface area contributed by atoms with Crippen LogP contribution in [-0.4, -0.2) is 40.2 Å². The number of benzene rings is 4. The van der Waals surface area contributed by atoms with Crippen molar-refractivity contribution >= 4 is 51.1 Å². The maximum Gasteiger partial charge on any atom is 0.223 e. The lowest BCUT2D eigenvalue weighted by molar-refractivity contribution is -0.513. The molecule has 58 heavy (non-hydrogen) atoms. The summed E-state index contributed by atoms with van der Waals surface area (Å²) in [7, 11) is 0. The highest BCUT2D eigenvalue weighted by Crippen LogP contribution is 2.56. The zero-order valence-corrected chi connectivity index (χ0v) is 32.5. The smallest absolute Gasteiger partial charge is 0.223 e. The van der Waals surface area contributed by atoms with Crippen molar-refractivity contribution in [2.24, 2.45) is 0 Å². The number of para-hydroxylation sites is 3. The van der Waals surface area contributed by atoms with Gasteiger partial charge >= 0.3 is 0 Å². The summed E-state index contributed by atoms with van der Waals surface area (Å²) in [5.74, 6) is 0.556. The lowest BCUT2D eigenvalue weighted by atomic mass is 9.91. The molecule has 0 N–H and O–H groups in total. The molecule has 5 nitrogen and oxygen atoms in total. The van der Waals surface area contributed by atoms with E-state index in [0.717, 1.165) is 38.9 Å². The molecule has 13 rings (SSSR count). The van der Waals surface area contributed by atoms with Crippen molar-refractivity contribution in [2.75, 3.05) is 27.9 Å². The van der Waals surface area contributed by atoms with Gasteiger partial charge in [-0.25, -0.2) is 4.58 Å². The van der Waals surface area contributed by atoms with Crippen molar-refractivity contribution in [3.05, 3.63) is 198 Å². The Morgan fingerprint density at radius 1 is 0.552 bits per heavy atom. The van der Waals surface area contributed by atoms with E-state index in [9.17, 15) is 0 Å². The van der Waals surface area contributed by atoms with Crippen molar-refractivity contribution in [1.82, 2.24) is 4.57 Å². The molecule has 0 amide bonds. The first-order valence-corrected chi connectivity index (χ1v) is 21.2. The van der Waals surface area contributed by atoms with E-state index in [1.54, 1.807) is 0 Å². The normalized spacial score (nSPS) is 24.1. The van der Waals surface area contributed by atoms with Crippen LogP contribution in [-0.2, 0) is 6.42 Å². The van der Waals surface area contributed by atoms with Crippen LogP contribution in [0.5, 0.6) is 0 Å². The maximum absolute atomic E-state index is 2.69. The van der Waals surface area contributed by atoms with E-state index in [0.29, 0.717) is 0 Å². The second kappa shape index (κ2) is 12.5. The van der Waals surface area contributed by atoms with Crippen LogP contribution >= 0.6 is 0 Å². The van der Waals surface area contributed by atoms with E-state index < -0.39 is 0 Å². The number of allylic oxidation sites excluding steroid dienone is 10. The standard InChI is InChI=1S/C53H44N5/c1-9-24-44-35(16-1)36-17-2-10-25-45(36)56(44)51-33-53(58-48-28-13-5-20-39(48)40-21-6-14-29-49(40)58)52(57-46-26-11-3-18-37(46)38-19-4-12-27-47(38)57)32-50(51)55-34-54-31-15-30-42(54)41-22-7-8-23-43(41)55/h1-5,7,9-20,22,24-30,32-33,35,37,44,46H,6,8,21,23,31,34H2/q+1. The predicted octanol–water partition coefficient (Wildman–Crippen LogP) is 11.5. The fourth-order valence-electron chi connectivity index (χ4n) is 11.5. The molecule has 4 atom stereocenters. The molecule has 5 aromatic rings. The molecule has 0 saturated carbocycles. The fourth-order valence-corrected chi connectivity index (χ4v) is 11.5. The molecular formula is C53H44N5+. The molecule has 0 saturated heterocycles. The summed E-state index contributed by atoms with van der Waals surface area (Å²) in [6.45, 7) is 1.74. The SMILES string of the molecule is C1=CC2c3ccccc3N(c3cc(-n4c5c(c6ccccc64)CCC=C5)c(N4c5ccccc5C5C=CC=CC54)cc3N3C[N+]4=C(C=CC4)C4=C3CCC=C4)C2C=C1. The molecule has 4 aliphatic heterocycles. The number of nitrogens with zero attached hydrogens (tertiary/aromatic N) is 5. The van der Waals surface area contributed by atoms with Gasteiger partial charge in [0.2, 0.25) is 12.4 Å². The van der Waals surface area contributed by atoms with Crippen molar-refractivity contribution in [3.63, 3.8) is 0 Å². The summed E-state index contributed by atoms with van der Waals surface area (Å²) in [5.41, 5.74) is 18.5. The zero-order chi connectivity index (χ0) is 37.9. The number of hydrogen-bond donors (Lipinski definition) is 0. The molecule has 8 aliphatic rings. The summed E-state index contributed by atoms with van der Waals surface area (Å²) in [6.07, 6.45) is 37.0. The van der Waals surface area contributed by atoms with E-state index in [-0.39, 0.29) is 23.9 Å². The summed E-state index contributed by atoms with van der Waals surface area (Å²) >= 11 is 0. The zero-order valence-electron chi connectivity index (χ0n) is 32.5. The van der Waals surface area contributed by atoms with Gasteiger partial charge in [0.15, 0.2) is 6.54 Å². The van der Waals surface area contributed by atoms with Crippen LogP contribution in [0.1, 0.15) is 53.5 Å². The van der Waals surface area contributed by atoms with Crippen molar-refractivity contribution < 1.29 is 4.58 Å². The number of rotatable bonds is 4. The van der Waals surface area contributed by atoms with Crippen LogP contribution in [0, 0.1) is 0 Å². The van der Waals surface area contributed by atoms with Crippen molar-refractivity contribution in [1.29, 1.82) is 0 Å². The number of aromatic nitrogens is 1. The molecule has 280 valence electrons. The third-order valence-corrected chi connectivity index (χ3v) is 13.9. The first-order valence-electron chi connectivity index (χ1n) is 21.2. The molecule has 4 aromatic carbocycles. The molecular weight excluding hydrogens is 707 g/mol.